The lowest BCUT2D eigenvalue weighted by molar-refractivity contribution is -0.123. The first-order chi connectivity index (χ1) is 14.4. The molecule has 0 radical (unpaired) electrons. The first-order valence-electron chi connectivity index (χ1n) is 9.24. The molecule has 3 unspecified atom stereocenters. The van der Waals surface area contributed by atoms with Crippen LogP contribution in [0.3, 0.4) is 0 Å². The summed E-state index contributed by atoms with van der Waals surface area (Å²) < 4.78 is 16.1. The quantitative estimate of drug-likeness (QED) is 0.189. The molecule has 1 heterocycles. The molecule has 1 aliphatic rings. The number of nitrogens with one attached hydrogen (secondary N) is 3. The summed E-state index contributed by atoms with van der Waals surface area (Å²) in [6.45, 7) is 1.68. The van der Waals surface area contributed by atoms with Gasteiger partial charge >= 0.3 is 5.97 Å². The Kier molecular flexibility index (Phi) is 6.72. The van der Waals surface area contributed by atoms with E-state index < -0.39 is 11.9 Å². The molecule has 10 heteroatoms. The molecule has 2 aromatic carbocycles. The number of hydrazine groups is 2. The highest BCUT2D eigenvalue weighted by Crippen LogP contribution is 2.34. The molecule has 6 N–H and O–H groups in total. The number of methoxy groups -OCH3 is 1. The maximum absolute atomic E-state index is 11.6. The van der Waals surface area contributed by atoms with E-state index in [-0.39, 0.29) is 30.5 Å². The maximum atomic E-state index is 11.6. The minimum absolute atomic E-state index is 0.0105. The van der Waals surface area contributed by atoms with Crippen molar-refractivity contribution in [3.05, 3.63) is 53.6 Å². The number of carbonyl (C=O) groups excluding carboxylic acids is 2. The van der Waals surface area contributed by atoms with Gasteiger partial charge in [0.15, 0.2) is 6.61 Å². The number of hydrogen-bond donors (Lipinski definition) is 5. The maximum Gasteiger partial charge on any atom is 0.337 e. The molecule has 0 spiro atoms. The third-order valence-electron chi connectivity index (χ3n) is 4.70. The third-order valence-corrected chi connectivity index (χ3v) is 4.70. The second-order valence-corrected chi connectivity index (χ2v) is 6.73. The van der Waals surface area contributed by atoms with Gasteiger partial charge in [0, 0.05) is 11.6 Å². The minimum atomic E-state index is -0.485. The molecule has 3 atom stereocenters. The zero-order valence-corrected chi connectivity index (χ0v) is 16.5. The van der Waals surface area contributed by atoms with E-state index in [2.05, 4.69) is 10.9 Å². The molecule has 160 valence electrons. The first kappa shape index (κ1) is 21.4. The van der Waals surface area contributed by atoms with Crippen LogP contribution in [0.15, 0.2) is 42.5 Å². The third kappa shape index (κ3) is 4.79. The fraction of sp³-hybridized carbons (Fsp3) is 0.300. The number of ether oxygens (including phenoxy) is 3. The molecule has 0 aromatic heterocycles. The minimum Gasteiger partial charge on any atom is -0.507 e. The number of hydrogen-bond acceptors (Lipinski definition) is 9. The Morgan fingerprint density at radius 3 is 2.47 bits per heavy atom. The van der Waals surface area contributed by atoms with Gasteiger partial charge in [-0.15, -0.1) is 0 Å². The number of benzene rings is 2. The van der Waals surface area contributed by atoms with Gasteiger partial charge in [-0.1, -0.05) is 0 Å². The summed E-state index contributed by atoms with van der Waals surface area (Å²) in [4.78, 5) is 22.8. The summed E-state index contributed by atoms with van der Waals surface area (Å²) in [7, 11) is 1.32. The van der Waals surface area contributed by atoms with Crippen molar-refractivity contribution in [1.82, 2.24) is 16.3 Å². The van der Waals surface area contributed by atoms with Crippen LogP contribution in [0.2, 0.25) is 0 Å². The Hall–Kier alpha value is -3.34. The number of phenolic OH excluding ortho intramolecular Hbond substituents is 1. The molecule has 1 amide bonds. The summed E-state index contributed by atoms with van der Waals surface area (Å²) in [6.07, 6.45) is -0.352. The van der Waals surface area contributed by atoms with Crippen LogP contribution in [0.4, 0.5) is 0 Å². The molecule has 1 saturated heterocycles. The van der Waals surface area contributed by atoms with Gasteiger partial charge in [-0.3, -0.25) is 15.6 Å². The van der Waals surface area contributed by atoms with E-state index in [0.29, 0.717) is 22.6 Å². The van der Waals surface area contributed by atoms with E-state index in [9.17, 15) is 14.7 Å². The molecule has 30 heavy (non-hydrogen) atoms. The van der Waals surface area contributed by atoms with Crippen molar-refractivity contribution >= 4 is 11.9 Å². The van der Waals surface area contributed by atoms with Crippen molar-refractivity contribution in [3.63, 3.8) is 0 Å². The average molecular weight is 416 g/mol. The van der Waals surface area contributed by atoms with Gasteiger partial charge in [-0.25, -0.2) is 16.1 Å². The van der Waals surface area contributed by atoms with Crippen LogP contribution in [0.25, 0.3) is 0 Å². The first-order valence-corrected chi connectivity index (χ1v) is 9.24. The van der Waals surface area contributed by atoms with Crippen LogP contribution in [-0.4, -0.2) is 42.8 Å². The Bertz CT molecular complexity index is 905. The van der Waals surface area contributed by atoms with Gasteiger partial charge in [0.25, 0.3) is 5.91 Å². The molecule has 2 aromatic rings. The molecular formula is C20H24N4O6. The second kappa shape index (κ2) is 9.44. The van der Waals surface area contributed by atoms with Crippen LogP contribution in [-0.2, 0) is 9.53 Å². The standard InChI is InChI=1S/C20H24N4O6/c1-11-19(30-13-5-3-12(4-6-13)20(27)28-2)18(24-23-11)15-8-7-14(9-16(15)25)29-10-17(26)22-21/h3-9,11,18-19,23-25H,10,21H2,1-2H3,(H,22,26). The largest absolute Gasteiger partial charge is 0.507 e. The number of rotatable bonds is 7. The number of carbonyl (C=O) groups is 2. The Morgan fingerprint density at radius 2 is 1.83 bits per heavy atom. The molecule has 1 aliphatic heterocycles. The summed E-state index contributed by atoms with van der Waals surface area (Å²) >= 11 is 0. The summed E-state index contributed by atoms with van der Waals surface area (Å²) in [5.41, 5.74) is 9.22. The van der Waals surface area contributed by atoms with E-state index in [0.717, 1.165) is 0 Å². The second-order valence-electron chi connectivity index (χ2n) is 6.73. The number of esters is 1. The van der Waals surface area contributed by atoms with Crippen molar-refractivity contribution in [2.45, 2.75) is 25.1 Å². The Labute approximate surface area is 173 Å². The van der Waals surface area contributed by atoms with Crippen molar-refractivity contribution < 1.29 is 28.9 Å². The van der Waals surface area contributed by atoms with E-state index >= 15 is 0 Å². The van der Waals surface area contributed by atoms with Crippen molar-refractivity contribution in [1.29, 1.82) is 0 Å². The van der Waals surface area contributed by atoms with Crippen LogP contribution < -0.4 is 31.6 Å². The summed E-state index contributed by atoms with van der Waals surface area (Å²) in [5.74, 6) is 4.99. The number of phenols is 1. The highest BCUT2D eigenvalue weighted by Gasteiger charge is 2.37. The molecule has 0 bridgehead atoms. The fourth-order valence-electron chi connectivity index (χ4n) is 3.11. The topological polar surface area (TPSA) is 144 Å². The zero-order chi connectivity index (χ0) is 21.7. The van der Waals surface area contributed by atoms with Crippen LogP contribution in [0, 0.1) is 0 Å². The fourth-order valence-corrected chi connectivity index (χ4v) is 3.11. The molecule has 1 fully saturated rings. The predicted octanol–water partition coefficient (Wildman–Crippen LogP) is 0.532. The smallest absolute Gasteiger partial charge is 0.337 e. The lowest BCUT2D eigenvalue weighted by Crippen LogP contribution is -2.34. The summed E-state index contributed by atoms with van der Waals surface area (Å²) in [5, 5.41) is 10.5. The molecule has 10 nitrogen and oxygen atoms in total. The number of nitrogens with two attached hydrogens (primary N) is 1. The highest BCUT2D eigenvalue weighted by atomic mass is 16.5. The van der Waals surface area contributed by atoms with Crippen LogP contribution in [0.5, 0.6) is 17.2 Å². The highest BCUT2D eigenvalue weighted by molar-refractivity contribution is 5.89. The van der Waals surface area contributed by atoms with Gasteiger partial charge in [-0.2, -0.15) is 0 Å². The van der Waals surface area contributed by atoms with E-state index in [4.69, 9.17) is 20.1 Å². The van der Waals surface area contributed by atoms with Crippen LogP contribution in [0.1, 0.15) is 28.9 Å². The molecule has 3 rings (SSSR count). The van der Waals surface area contributed by atoms with Crippen molar-refractivity contribution in [3.8, 4) is 17.2 Å². The van der Waals surface area contributed by atoms with Gasteiger partial charge in [0.2, 0.25) is 0 Å². The lowest BCUT2D eigenvalue weighted by Gasteiger charge is -2.24. The van der Waals surface area contributed by atoms with Gasteiger partial charge in [0.1, 0.15) is 23.4 Å². The van der Waals surface area contributed by atoms with E-state index in [1.54, 1.807) is 36.4 Å². The number of amides is 1. The lowest BCUT2D eigenvalue weighted by atomic mass is 9.98. The van der Waals surface area contributed by atoms with E-state index in [1.807, 2.05) is 12.3 Å². The molecule has 0 saturated carbocycles. The monoisotopic (exact) mass is 416 g/mol. The SMILES string of the molecule is COC(=O)c1ccc(OC2C(C)NNC2c2ccc(OCC(=O)NN)cc2O)cc1. The van der Waals surface area contributed by atoms with Crippen molar-refractivity contribution in [2.75, 3.05) is 13.7 Å². The zero-order valence-electron chi connectivity index (χ0n) is 16.5. The summed E-state index contributed by atoms with van der Waals surface area (Å²) in [6, 6.07) is 11.0. The molecule has 0 aliphatic carbocycles. The Morgan fingerprint density at radius 1 is 1.13 bits per heavy atom. The number of aromatic hydroxyl groups is 1. The van der Waals surface area contributed by atoms with Gasteiger partial charge in [0.05, 0.1) is 24.8 Å². The average Bonchev–Trinajstić information content (AvgIpc) is 3.12. The van der Waals surface area contributed by atoms with E-state index in [1.165, 1.54) is 13.2 Å². The van der Waals surface area contributed by atoms with Gasteiger partial charge in [-0.05, 0) is 43.3 Å². The van der Waals surface area contributed by atoms with Crippen LogP contribution >= 0.6 is 0 Å². The van der Waals surface area contributed by atoms with Crippen molar-refractivity contribution in [2.24, 2.45) is 5.84 Å². The predicted molar refractivity (Wildman–Crippen MR) is 107 cm³/mol. The normalized spacial score (nSPS) is 20.4. The van der Waals surface area contributed by atoms with Gasteiger partial charge < -0.3 is 19.3 Å². The Balaban J connectivity index is 1.73. The molecular weight excluding hydrogens is 392 g/mol.